The zero-order valence-corrected chi connectivity index (χ0v) is 17.3. The molecule has 1 atom stereocenters. The van der Waals surface area contributed by atoms with E-state index in [0.29, 0.717) is 30.6 Å². The fourth-order valence-corrected chi connectivity index (χ4v) is 4.39. The SMILES string of the molecule is O=C(CN1C(=O)NC(Cc2c[nH]c3ccccc23)C1=O)c1cccc(N2CCCC2=O)c1. The van der Waals surface area contributed by atoms with E-state index in [1.807, 2.05) is 30.5 Å². The van der Waals surface area contributed by atoms with Crippen LogP contribution in [-0.4, -0.2) is 52.6 Å². The highest BCUT2D eigenvalue weighted by Crippen LogP contribution is 2.24. The minimum atomic E-state index is -0.719. The van der Waals surface area contributed by atoms with Crippen LogP contribution in [0.3, 0.4) is 0 Å². The van der Waals surface area contributed by atoms with Crippen molar-refractivity contribution in [2.75, 3.05) is 18.0 Å². The average molecular weight is 430 g/mol. The second-order valence-electron chi connectivity index (χ2n) is 8.11. The number of carbonyl (C=O) groups excluding carboxylic acids is 4. The topological polar surface area (TPSA) is 103 Å². The summed E-state index contributed by atoms with van der Waals surface area (Å²) in [6, 6.07) is 13.2. The number of ketones is 1. The standard InChI is InChI=1S/C24H22N4O4/c29-21(15-5-3-6-17(11-15)27-10-4-9-22(27)30)14-28-23(31)20(26-24(28)32)12-16-13-25-19-8-2-1-7-18(16)19/h1-3,5-8,11,13,20,25H,4,9-10,12,14H2,(H,26,32). The first-order chi connectivity index (χ1) is 15.5. The fourth-order valence-electron chi connectivity index (χ4n) is 4.39. The number of hydrogen-bond donors (Lipinski definition) is 2. The quantitative estimate of drug-likeness (QED) is 0.464. The van der Waals surface area contributed by atoms with Crippen LogP contribution < -0.4 is 10.2 Å². The Bertz CT molecular complexity index is 1250. The number of nitrogens with one attached hydrogen (secondary N) is 2. The molecule has 2 saturated heterocycles. The monoisotopic (exact) mass is 430 g/mol. The van der Waals surface area contributed by atoms with Crippen molar-refractivity contribution in [2.45, 2.75) is 25.3 Å². The molecule has 8 heteroatoms. The first-order valence-corrected chi connectivity index (χ1v) is 10.6. The summed E-state index contributed by atoms with van der Waals surface area (Å²) in [5.74, 6) is -0.738. The molecule has 4 amide bonds. The van der Waals surface area contributed by atoms with E-state index in [2.05, 4.69) is 10.3 Å². The van der Waals surface area contributed by atoms with Crippen LogP contribution in [0, 0.1) is 0 Å². The number of rotatable bonds is 6. The number of nitrogens with zero attached hydrogens (tertiary/aromatic N) is 2. The molecule has 2 aliphatic rings. The third kappa shape index (κ3) is 3.53. The Hall–Kier alpha value is -3.94. The molecule has 32 heavy (non-hydrogen) atoms. The Morgan fingerprint density at radius 3 is 2.72 bits per heavy atom. The van der Waals surface area contributed by atoms with Gasteiger partial charge in [-0.3, -0.25) is 19.3 Å². The first kappa shape index (κ1) is 20.0. The molecule has 0 saturated carbocycles. The van der Waals surface area contributed by atoms with Gasteiger partial charge in [-0.1, -0.05) is 30.3 Å². The van der Waals surface area contributed by atoms with Crippen molar-refractivity contribution in [1.29, 1.82) is 0 Å². The highest BCUT2D eigenvalue weighted by Gasteiger charge is 2.39. The van der Waals surface area contributed by atoms with E-state index in [4.69, 9.17) is 0 Å². The van der Waals surface area contributed by atoms with Crippen molar-refractivity contribution < 1.29 is 19.2 Å². The number of H-pyrrole nitrogens is 1. The second kappa shape index (κ2) is 7.96. The number of aromatic nitrogens is 1. The van der Waals surface area contributed by atoms with Gasteiger partial charge in [0, 0.05) is 47.7 Å². The van der Waals surface area contributed by atoms with E-state index in [-0.39, 0.29) is 18.2 Å². The molecule has 1 aromatic heterocycles. The Balaban J connectivity index is 1.29. The van der Waals surface area contributed by atoms with Gasteiger partial charge in [-0.25, -0.2) is 4.79 Å². The Morgan fingerprint density at radius 1 is 1.06 bits per heavy atom. The zero-order valence-electron chi connectivity index (χ0n) is 17.3. The molecule has 3 heterocycles. The predicted octanol–water partition coefficient (Wildman–Crippen LogP) is 2.64. The van der Waals surface area contributed by atoms with Gasteiger partial charge in [-0.05, 0) is 30.2 Å². The summed E-state index contributed by atoms with van der Waals surface area (Å²) in [5, 5.41) is 3.69. The van der Waals surface area contributed by atoms with E-state index < -0.39 is 18.0 Å². The Labute approximate surface area is 184 Å². The predicted molar refractivity (Wildman–Crippen MR) is 118 cm³/mol. The van der Waals surface area contributed by atoms with Crippen LogP contribution >= 0.6 is 0 Å². The van der Waals surface area contributed by atoms with Crippen molar-refractivity contribution in [1.82, 2.24) is 15.2 Å². The number of imide groups is 1. The second-order valence-corrected chi connectivity index (χ2v) is 8.11. The van der Waals surface area contributed by atoms with E-state index in [1.165, 1.54) is 0 Å². The molecule has 2 fully saturated rings. The van der Waals surface area contributed by atoms with Crippen LogP contribution in [0.1, 0.15) is 28.8 Å². The maximum Gasteiger partial charge on any atom is 0.325 e. The van der Waals surface area contributed by atoms with E-state index in [0.717, 1.165) is 27.8 Å². The Morgan fingerprint density at radius 2 is 1.91 bits per heavy atom. The molecule has 0 radical (unpaired) electrons. The molecular formula is C24H22N4O4. The lowest BCUT2D eigenvalue weighted by atomic mass is 10.0. The summed E-state index contributed by atoms with van der Waals surface area (Å²) < 4.78 is 0. The summed E-state index contributed by atoms with van der Waals surface area (Å²) in [4.78, 5) is 56.0. The molecule has 2 aliphatic heterocycles. The molecule has 8 nitrogen and oxygen atoms in total. The smallest absolute Gasteiger partial charge is 0.325 e. The number of Topliss-reactive ketones (excluding diaryl/α,β-unsaturated/α-hetero) is 1. The summed E-state index contributed by atoms with van der Waals surface area (Å²) in [5.41, 5.74) is 2.91. The van der Waals surface area contributed by atoms with Crippen LogP contribution in [0.2, 0.25) is 0 Å². The van der Waals surface area contributed by atoms with Gasteiger partial charge in [-0.15, -0.1) is 0 Å². The van der Waals surface area contributed by atoms with Crippen LogP contribution in [0.4, 0.5) is 10.5 Å². The summed E-state index contributed by atoms with van der Waals surface area (Å²) in [7, 11) is 0. The van der Waals surface area contributed by atoms with E-state index >= 15 is 0 Å². The van der Waals surface area contributed by atoms with Crippen LogP contribution in [-0.2, 0) is 16.0 Å². The summed E-state index contributed by atoms with van der Waals surface area (Å²) >= 11 is 0. The number of anilines is 1. The van der Waals surface area contributed by atoms with Crippen LogP contribution in [0.15, 0.2) is 54.7 Å². The lowest BCUT2D eigenvalue weighted by Gasteiger charge is -2.17. The number of para-hydroxylation sites is 1. The van der Waals surface area contributed by atoms with Crippen molar-refractivity contribution in [3.05, 3.63) is 65.9 Å². The highest BCUT2D eigenvalue weighted by molar-refractivity contribution is 6.10. The molecule has 162 valence electrons. The van der Waals surface area contributed by atoms with E-state index in [1.54, 1.807) is 29.2 Å². The van der Waals surface area contributed by atoms with Gasteiger partial charge in [0.25, 0.3) is 5.91 Å². The number of carbonyl (C=O) groups is 4. The minimum Gasteiger partial charge on any atom is -0.361 e. The normalized spacial score (nSPS) is 18.6. The lowest BCUT2D eigenvalue weighted by Crippen LogP contribution is -2.36. The van der Waals surface area contributed by atoms with Crippen LogP contribution in [0.5, 0.6) is 0 Å². The van der Waals surface area contributed by atoms with Gasteiger partial charge < -0.3 is 15.2 Å². The minimum absolute atomic E-state index is 0.0313. The molecule has 0 aliphatic carbocycles. The largest absolute Gasteiger partial charge is 0.361 e. The third-order valence-electron chi connectivity index (χ3n) is 6.06. The molecule has 5 rings (SSSR count). The molecule has 3 aromatic rings. The van der Waals surface area contributed by atoms with Gasteiger partial charge in [0.1, 0.15) is 6.04 Å². The maximum atomic E-state index is 12.9. The lowest BCUT2D eigenvalue weighted by molar-refractivity contribution is -0.127. The number of urea groups is 1. The molecular weight excluding hydrogens is 408 g/mol. The Kier molecular flexibility index (Phi) is 4.97. The fraction of sp³-hybridized carbons (Fsp3) is 0.250. The number of amides is 4. The average Bonchev–Trinajstić information content (AvgIpc) is 3.48. The summed E-state index contributed by atoms with van der Waals surface area (Å²) in [6.45, 7) is 0.283. The van der Waals surface area contributed by atoms with Gasteiger partial charge in [-0.2, -0.15) is 0 Å². The molecule has 1 unspecified atom stereocenters. The van der Waals surface area contributed by atoms with Crippen molar-refractivity contribution in [3.63, 3.8) is 0 Å². The zero-order chi connectivity index (χ0) is 22.2. The molecule has 2 N–H and O–H groups in total. The van der Waals surface area contributed by atoms with Gasteiger partial charge in [0.15, 0.2) is 5.78 Å². The first-order valence-electron chi connectivity index (χ1n) is 10.6. The molecule has 0 bridgehead atoms. The van der Waals surface area contributed by atoms with E-state index in [9.17, 15) is 19.2 Å². The van der Waals surface area contributed by atoms with Gasteiger partial charge in [0.05, 0.1) is 6.54 Å². The van der Waals surface area contributed by atoms with Gasteiger partial charge in [0.2, 0.25) is 5.91 Å². The number of fused-ring (bicyclic) bond motifs is 1. The van der Waals surface area contributed by atoms with Gasteiger partial charge >= 0.3 is 6.03 Å². The number of hydrogen-bond acceptors (Lipinski definition) is 4. The maximum absolute atomic E-state index is 12.9. The molecule has 2 aromatic carbocycles. The third-order valence-corrected chi connectivity index (χ3v) is 6.06. The van der Waals surface area contributed by atoms with Crippen molar-refractivity contribution in [2.24, 2.45) is 0 Å². The number of aromatic amines is 1. The van der Waals surface area contributed by atoms with Crippen LogP contribution in [0.25, 0.3) is 10.9 Å². The summed E-state index contributed by atoms with van der Waals surface area (Å²) in [6.07, 6.45) is 3.46. The highest BCUT2D eigenvalue weighted by atomic mass is 16.2. The number of benzene rings is 2. The van der Waals surface area contributed by atoms with Crippen molar-refractivity contribution >= 4 is 40.2 Å². The van der Waals surface area contributed by atoms with Crippen molar-refractivity contribution in [3.8, 4) is 0 Å². The molecule has 0 spiro atoms.